The predicted molar refractivity (Wildman–Crippen MR) is 73.4 cm³/mol. The van der Waals surface area contributed by atoms with Crippen LogP contribution >= 0.6 is 27.3 Å². The van der Waals surface area contributed by atoms with Crippen molar-refractivity contribution < 1.29 is 14.7 Å². The van der Waals surface area contributed by atoms with Gasteiger partial charge in [0.25, 0.3) is 5.91 Å². The molecule has 6 heteroatoms. The Balaban J connectivity index is 2.10. The number of amides is 1. The Bertz CT molecular complexity index is 592. The third-order valence-corrected chi connectivity index (χ3v) is 3.81. The summed E-state index contributed by atoms with van der Waals surface area (Å²) < 4.78 is 0.883. The van der Waals surface area contributed by atoms with Crippen molar-refractivity contribution in [1.82, 2.24) is 0 Å². The standard InChI is InChI=1S/C12H8BrNO3S/c13-10-6-5-9(18-10)11(15)14-8-3-1-7(2-4-8)12(16)17/h1-6H,(H,14,15)(H,16,17). The van der Waals surface area contributed by atoms with E-state index < -0.39 is 5.97 Å². The highest BCUT2D eigenvalue weighted by molar-refractivity contribution is 9.11. The van der Waals surface area contributed by atoms with Crippen molar-refractivity contribution in [1.29, 1.82) is 0 Å². The van der Waals surface area contributed by atoms with E-state index in [9.17, 15) is 9.59 Å². The molecule has 2 aromatic rings. The Hall–Kier alpha value is -1.66. The Labute approximate surface area is 115 Å². The van der Waals surface area contributed by atoms with E-state index in [0.29, 0.717) is 10.6 Å². The van der Waals surface area contributed by atoms with Gasteiger partial charge in [0, 0.05) is 5.69 Å². The smallest absolute Gasteiger partial charge is 0.335 e. The number of anilines is 1. The van der Waals surface area contributed by atoms with Crippen LogP contribution in [-0.4, -0.2) is 17.0 Å². The highest BCUT2D eigenvalue weighted by Crippen LogP contribution is 2.23. The molecule has 1 amide bonds. The van der Waals surface area contributed by atoms with Crippen LogP contribution in [0.1, 0.15) is 20.0 Å². The molecule has 18 heavy (non-hydrogen) atoms. The van der Waals surface area contributed by atoms with Crippen molar-refractivity contribution in [3.63, 3.8) is 0 Å². The summed E-state index contributed by atoms with van der Waals surface area (Å²) in [6.07, 6.45) is 0. The zero-order valence-corrected chi connectivity index (χ0v) is 11.4. The lowest BCUT2D eigenvalue weighted by Gasteiger charge is -2.03. The zero-order chi connectivity index (χ0) is 13.1. The van der Waals surface area contributed by atoms with Crippen LogP contribution in [0.15, 0.2) is 40.2 Å². The molecule has 0 atom stereocenters. The summed E-state index contributed by atoms with van der Waals surface area (Å²) in [7, 11) is 0. The van der Waals surface area contributed by atoms with Crippen LogP contribution in [0.25, 0.3) is 0 Å². The van der Waals surface area contributed by atoms with E-state index in [2.05, 4.69) is 21.2 Å². The van der Waals surface area contributed by atoms with Crippen LogP contribution in [-0.2, 0) is 0 Å². The number of nitrogens with one attached hydrogen (secondary N) is 1. The molecule has 1 aromatic heterocycles. The molecule has 1 heterocycles. The van der Waals surface area contributed by atoms with Gasteiger partial charge in [0.2, 0.25) is 0 Å². The van der Waals surface area contributed by atoms with Gasteiger partial charge in [-0.2, -0.15) is 0 Å². The summed E-state index contributed by atoms with van der Waals surface area (Å²) >= 11 is 4.62. The van der Waals surface area contributed by atoms with Gasteiger partial charge >= 0.3 is 5.97 Å². The van der Waals surface area contributed by atoms with Crippen molar-refractivity contribution in [2.75, 3.05) is 5.32 Å². The molecule has 92 valence electrons. The second-order valence-electron chi connectivity index (χ2n) is 3.44. The molecule has 1 aromatic carbocycles. The van der Waals surface area contributed by atoms with Gasteiger partial charge in [-0.25, -0.2) is 4.79 Å². The Kier molecular flexibility index (Phi) is 3.78. The van der Waals surface area contributed by atoms with Crippen molar-refractivity contribution >= 4 is 44.8 Å². The minimum absolute atomic E-state index is 0.187. The fourth-order valence-electron chi connectivity index (χ4n) is 1.33. The SMILES string of the molecule is O=C(O)c1ccc(NC(=O)c2ccc(Br)s2)cc1. The summed E-state index contributed by atoms with van der Waals surface area (Å²) in [6.45, 7) is 0. The van der Waals surface area contributed by atoms with Crippen LogP contribution in [0.4, 0.5) is 5.69 Å². The molecule has 0 aliphatic heterocycles. The van der Waals surface area contributed by atoms with Crippen LogP contribution in [0.5, 0.6) is 0 Å². The Morgan fingerprint density at radius 2 is 1.78 bits per heavy atom. The summed E-state index contributed by atoms with van der Waals surface area (Å²) in [5.74, 6) is -1.20. The molecule has 0 radical (unpaired) electrons. The maximum atomic E-state index is 11.8. The van der Waals surface area contributed by atoms with Gasteiger partial charge in [-0.1, -0.05) is 0 Å². The fraction of sp³-hybridized carbons (Fsp3) is 0. The van der Waals surface area contributed by atoms with Gasteiger partial charge < -0.3 is 10.4 Å². The van der Waals surface area contributed by atoms with E-state index in [1.807, 2.05) is 0 Å². The number of aromatic carboxylic acids is 1. The first kappa shape index (κ1) is 12.8. The van der Waals surface area contributed by atoms with E-state index in [0.717, 1.165) is 3.79 Å². The van der Waals surface area contributed by atoms with Crippen LogP contribution in [0.2, 0.25) is 0 Å². The minimum atomic E-state index is -0.991. The quantitative estimate of drug-likeness (QED) is 0.908. The van der Waals surface area contributed by atoms with Gasteiger partial charge in [0.05, 0.1) is 14.2 Å². The number of carboxylic acid groups (broad SMARTS) is 1. The lowest BCUT2D eigenvalue weighted by molar-refractivity contribution is 0.0696. The average molecular weight is 326 g/mol. The maximum absolute atomic E-state index is 11.8. The Morgan fingerprint density at radius 1 is 1.11 bits per heavy atom. The molecule has 0 spiro atoms. The average Bonchev–Trinajstić information content (AvgIpc) is 2.76. The van der Waals surface area contributed by atoms with E-state index in [1.54, 1.807) is 24.3 Å². The molecule has 2 rings (SSSR count). The summed E-state index contributed by atoms with van der Waals surface area (Å²) in [5.41, 5.74) is 0.751. The predicted octanol–water partition coefficient (Wildman–Crippen LogP) is 3.46. The van der Waals surface area contributed by atoms with Gasteiger partial charge in [-0.05, 0) is 52.3 Å². The molecule has 0 aliphatic carbocycles. The van der Waals surface area contributed by atoms with E-state index in [1.165, 1.54) is 23.5 Å². The highest BCUT2D eigenvalue weighted by Gasteiger charge is 2.09. The van der Waals surface area contributed by atoms with Crippen molar-refractivity contribution in [3.8, 4) is 0 Å². The van der Waals surface area contributed by atoms with E-state index in [-0.39, 0.29) is 11.5 Å². The summed E-state index contributed by atoms with van der Waals surface area (Å²) in [4.78, 5) is 23.1. The highest BCUT2D eigenvalue weighted by atomic mass is 79.9. The molecular formula is C12H8BrNO3S. The number of carbonyl (C=O) groups is 2. The number of carbonyl (C=O) groups excluding carboxylic acids is 1. The number of rotatable bonds is 3. The molecule has 0 bridgehead atoms. The molecular weight excluding hydrogens is 318 g/mol. The van der Waals surface area contributed by atoms with Crippen LogP contribution in [0.3, 0.4) is 0 Å². The molecule has 0 saturated heterocycles. The van der Waals surface area contributed by atoms with Crippen LogP contribution in [0, 0.1) is 0 Å². The first-order valence-electron chi connectivity index (χ1n) is 4.96. The normalized spacial score (nSPS) is 10.1. The molecule has 0 fully saturated rings. The third-order valence-electron chi connectivity index (χ3n) is 2.19. The molecule has 0 unspecified atom stereocenters. The first-order chi connectivity index (χ1) is 8.56. The fourth-order valence-corrected chi connectivity index (χ4v) is 2.61. The largest absolute Gasteiger partial charge is 0.478 e. The number of benzene rings is 1. The van der Waals surface area contributed by atoms with Gasteiger partial charge in [0.15, 0.2) is 0 Å². The summed E-state index contributed by atoms with van der Waals surface area (Å²) in [5, 5.41) is 11.4. The third kappa shape index (κ3) is 2.96. The first-order valence-corrected chi connectivity index (χ1v) is 6.57. The number of hydrogen-bond donors (Lipinski definition) is 2. The second kappa shape index (κ2) is 5.32. The van der Waals surface area contributed by atoms with Crippen molar-refractivity contribution in [2.45, 2.75) is 0 Å². The number of halogens is 1. The van der Waals surface area contributed by atoms with E-state index in [4.69, 9.17) is 5.11 Å². The van der Waals surface area contributed by atoms with Crippen molar-refractivity contribution in [2.24, 2.45) is 0 Å². The number of thiophene rings is 1. The lowest BCUT2D eigenvalue weighted by atomic mass is 10.2. The zero-order valence-electron chi connectivity index (χ0n) is 9.01. The number of hydrogen-bond acceptors (Lipinski definition) is 3. The molecule has 2 N–H and O–H groups in total. The topological polar surface area (TPSA) is 66.4 Å². The van der Waals surface area contributed by atoms with Crippen LogP contribution < -0.4 is 5.32 Å². The number of carboxylic acids is 1. The molecule has 4 nitrogen and oxygen atoms in total. The van der Waals surface area contributed by atoms with Gasteiger partial charge in [-0.15, -0.1) is 11.3 Å². The Morgan fingerprint density at radius 3 is 2.28 bits per heavy atom. The lowest BCUT2D eigenvalue weighted by Crippen LogP contribution is -2.10. The second-order valence-corrected chi connectivity index (χ2v) is 5.90. The van der Waals surface area contributed by atoms with Crippen molar-refractivity contribution in [3.05, 3.63) is 50.6 Å². The minimum Gasteiger partial charge on any atom is -0.478 e. The molecule has 0 aliphatic rings. The monoisotopic (exact) mass is 325 g/mol. The van der Waals surface area contributed by atoms with Gasteiger partial charge in [-0.3, -0.25) is 4.79 Å². The van der Waals surface area contributed by atoms with E-state index >= 15 is 0 Å². The van der Waals surface area contributed by atoms with Gasteiger partial charge in [0.1, 0.15) is 0 Å². The molecule has 0 saturated carbocycles. The summed E-state index contributed by atoms with van der Waals surface area (Å²) in [6, 6.07) is 9.53. The maximum Gasteiger partial charge on any atom is 0.335 e.